The lowest BCUT2D eigenvalue weighted by atomic mass is 10.2. The summed E-state index contributed by atoms with van der Waals surface area (Å²) in [6.07, 6.45) is 2.49. The standard InChI is InChI=1S/C14H20N4O3/c1-9-8-16-12-10(11(9)15-6-5-7-21-4)13(19)18(3)14(20)17(12)2/h8H,5-7H2,1-4H3,(H,15,16). The minimum absolute atomic E-state index is 0.335. The van der Waals surface area contributed by atoms with Gasteiger partial charge in [-0.25, -0.2) is 9.78 Å². The monoisotopic (exact) mass is 292 g/mol. The van der Waals surface area contributed by atoms with Gasteiger partial charge < -0.3 is 10.1 Å². The number of pyridine rings is 1. The number of aryl methyl sites for hydroxylation is 2. The van der Waals surface area contributed by atoms with E-state index < -0.39 is 0 Å². The average Bonchev–Trinajstić information content (AvgIpc) is 2.48. The van der Waals surface area contributed by atoms with Gasteiger partial charge in [-0.2, -0.15) is 0 Å². The van der Waals surface area contributed by atoms with Crippen molar-refractivity contribution in [3.8, 4) is 0 Å². The highest BCUT2D eigenvalue weighted by molar-refractivity contribution is 5.89. The largest absolute Gasteiger partial charge is 0.385 e. The number of aromatic nitrogens is 3. The van der Waals surface area contributed by atoms with Gasteiger partial charge in [-0.05, 0) is 18.9 Å². The SMILES string of the molecule is COCCCNc1c(C)cnc2c1c(=O)n(C)c(=O)n2C. The highest BCUT2D eigenvalue weighted by Crippen LogP contribution is 2.21. The second-order valence-electron chi connectivity index (χ2n) is 4.99. The van der Waals surface area contributed by atoms with Crippen LogP contribution < -0.4 is 16.6 Å². The molecule has 0 radical (unpaired) electrons. The maximum absolute atomic E-state index is 12.4. The van der Waals surface area contributed by atoms with Crippen molar-refractivity contribution in [2.75, 3.05) is 25.6 Å². The van der Waals surface area contributed by atoms with Crippen LogP contribution >= 0.6 is 0 Å². The Hall–Kier alpha value is -2.15. The number of nitrogens with zero attached hydrogens (tertiary/aromatic N) is 3. The summed E-state index contributed by atoms with van der Waals surface area (Å²) in [4.78, 5) is 28.6. The van der Waals surface area contributed by atoms with Crippen LogP contribution in [0.4, 0.5) is 5.69 Å². The van der Waals surface area contributed by atoms with E-state index >= 15 is 0 Å². The van der Waals surface area contributed by atoms with Gasteiger partial charge in [-0.1, -0.05) is 0 Å². The van der Waals surface area contributed by atoms with E-state index in [0.29, 0.717) is 24.2 Å². The van der Waals surface area contributed by atoms with Crippen LogP contribution in [0.2, 0.25) is 0 Å². The number of hydrogen-bond donors (Lipinski definition) is 1. The third kappa shape index (κ3) is 2.69. The molecule has 0 bridgehead atoms. The first kappa shape index (κ1) is 15.2. The molecule has 2 aromatic rings. The van der Waals surface area contributed by atoms with E-state index in [1.54, 1.807) is 20.4 Å². The van der Waals surface area contributed by atoms with Crippen LogP contribution in [0.5, 0.6) is 0 Å². The van der Waals surface area contributed by atoms with Crippen molar-refractivity contribution in [2.24, 2.45) is 14.1 Å². The van der Waals surface area contributed by atoms with E-state index in [9.17, 15) is 9.59 Å². The molecule has 0 spiro atoms. The molecule has 7 nitrogen and oxygen atoms in total. The first-order chi connectivity index (χ1) is 9.99. The molecule has 0 aliphatic carbocycles. The molecule has 1 N–H and O–H groups in total. The molecule has 0 amide bonds. The second kappa shape index (κ2) is 6.09. The van der Waals surface area contributed by atoms with Crippen molar-refractivity contribution in [3.63, 3.8) is 0 Å². The van der Waals surface area contributed by atoms with Crippen LogP contribution in [0.1, 0.15) is 12.0 Å². The van der Waals surface area contributed by atoms with Crippen LogP contribution in [0.15, 0.2) is 15.8 Å². The molecule has 0 saturated heterocycles. The summed E-state index contributed by atoms with van der Waals surface area (Å²) < 4.78 is 7.50. The van der Waals surface area contributed by atoms with E-state index in [4.69, 9.17) is 4.74 Å². The maximum Gasteiger partial charge on any atom is 0.332 e. The normalized spacial score (nSPS) is 11.0. The first-order valence-electron chi connectivity index (χ1n) is 6.77. The van der Waals surface area contributed by atoms with Crippen molar-refractivity contribution in [1.82, 2.24) is 14.1 Å². The van der Waals surface area contributed by atoms with Gasteiger partial charge in [0.1, 0.15) is 5.39 Å². The van der Waals surface area contributed by atoms with Gasteiger partial charge in [-0.3, -0.25) is 13.9 Å². The summed E-state index contributed by atoms with van der Waals surface area (Å²) in [7, 11) is 4.74. The molecule has 114 valence electrons. The quantitative estimate of drug-likeness (QED) is 0.807. The molecule has 0 fully saturated rings. The van der Waals surface area contributed by atoms with Crippen molar-refractivity contribution >= 4 is 16.7 Å². The summed E-state index contributed by atoms with van der Waals surface area (Å²) in [5.74, 6) is 0. The Morgan fingerprint density at radius 2 is 2.00 bits per heavy atom. The second-order valence-corrected chi connectivity index (χ2v) is 4.99. The Kier molecular flexibility index (Phi) is 4.42. The van der Waals surface area contributed by atoms with Gasteiger partial charge in [0.15, 0.2) is 5.65 Å². The molecule has 0 atom stereocenters. The molecule has 0 unspecified atom stereocenters. The average molecular weight is 292 g/mol. The van der Waals surface area contributed by atoms with Crippen molar-refractivity contribution in [2.45, 2.75) is 13.3 Å². The molecule has 2 rings (SSSR count). The lowest BCUT2D eigenvalue weighted by Gasteiger charge is -2.14. The fourth-order valence-electron chi connectivity index (χ4n) is 2.28. The molecule has 0 aliphatic rings. The van der Waals surface area contributed by atoms with Crippen LogP contribution in [-0.4, -0.2) is 34.4 Å². The molecule has 2 aromatic heterocycles. The summed E-state index contributed by atoms with van der Waals surface area (Å²) in [6.45, 7) is 3.21. The van der Waals surface area contributed by atoms with Crippen LogP contribution in [-0.2, 0) is 18.8 Å². The van der Waals surface area contributed by atoms with Crippen molar-refractivity contribution in [3.05, 3.63) is 32.6 Å². The molecule has 0 aliphatic heterocycles. The Morgan fingerprint density at radius 1 is 1.29 bits per heavy atom. The van der Waals surface area contributed by atoms with Crippen LogP contribution in [0.25, 0.3) is 11.0 Å². The van der Waals surface area contributed by atoms with E-state index in [1.807, 2.05) is 6.92 Å². The Labute approximate surface area is 122 Å². The number of ether oxygens (including phenoxy) is 1. The number of anilines is 1. The molecular weight excluding hydrogens is 272 g/mol. The number of nitrogens with one attached hydrogen (secondary N) is 1. The van der Waals surface area contributed by atoms with Gasteiger partial charge in [0.25, 0.3) is 5.56 Å². The molecule has 7 heteroatoms. The predicted molar refractivity (Wildman–Crippen MR) is 81.9 cm³/mol. The van der Waals surface area contributed by atoms with Gasteiger partial charge in [0.05, 0.1) is 5.69 Å². The smallest absolute Gasteiger partial charge is 0.332 e. The number of hydrogen-bond acceptors (Lipinski definition) is 5. The van der Waals surface area contributed by atoms with Gasteiger partial charge in [0.2, 0.25) is 0 Å². The van der Waals surface area contributed by atoms with E-state index in [2.05, 4.69) is 10.3 Å². The Morgan fingerprint density at radius 3 is 2.67 bits per heavy atom. The Balaban J connectivity index is 2.61. The highest BCUT2D eigenvalue weighted by Gasteiger charge is 2.15. The first-order valence-corrected chi connectivity index (χ1v) is 6.77. The third-order valence-electron chi connectivity index (χ3n) is 3.49. The number of fused-ring (bicyclic) bond motifs is 1. The topological polar surface area (TPSA) is 78.2 Å². The third-order valence-corrected chi connectivity index (χ3v) is 3.49. The van der Waals surface area contributed by atoms with Gasteiger partial charge in [-0.15, -0.1) is 0 Å². The van der Waals surface area contributed by atoms with Crippen molar-refractivity contribution in [1.29, 1.82) is 0 Å². The number of methoxy groups -OCH3 is 1. The van der Waals surface area contributed by atoms with E-state index in [1.165, 1.54) is 11.6 Å². The van der Waals surface area contributed by atoms with E-state index in [0.717, 1.165) is 22.2 Å². The zero-order valence-corrected chi connectivity index (χ0v) is 12.8. The maximum atomic E-state index is 12.4. The summed E-state index contributed by atoms with van der Waals surface area (Å²) in [5, 5.41) is 3.70. The molecule has 0 saturated carbocycles. The van der Waals surface area contributed by atoms with Gasteiger partial charge >= 0.3 is 5.69 Å². The van der Waals surface area contributed by atoms with Crippen LogP contribution in [0, 0.1) is 6.92 Å². The fourth-order valence-corrected chi connectivity index (χ4v) is 2.28. The Bertz CT molecular complexity index is 776. The van der Waals surface area contributed by atoms with Crippen LogP contribution in [0.3, 0.4) is 0 Å². The summed E-state index contributed by atoms with van der Waals surface area (Å²) in [5.41, 5.74) is 1.28. The predicted octanol–water partition coefficient (Wildman–Crippen LogP) is 0.389. The summed E-state index contributed by atoms with van der Waals surface area (Å²) in [6, 6.07) is 0. The molecule has 0 aromatic carbocycles. The minimum Gasteiger partial charge on any atom is -0.385 e. The number of rotatable bonds is 5. The molecule has 2 heterocycles. The lowest BCUT2D eigenvalue weighted by Crippen LogP contribution is -2.37. The zero-order valence-electron chi connectivity index (χ0n) is 12.8. The zero-order chi connectivity index (χ0) is 15.6. The fraction of sp³-hybridized carbons (Fsp3) is 0.500. The highest BCUT2D eigenvalue weighted by atomic mass is 16.5. The van der Waals surface area contributed by atoms with Crippen molar-refractivity contribution < 1.29 is 4.74 Å². The minimum atomic E-state index is -0.380. The molecule has 21 heavy (non-hydrogen) atoms. The molecular formula is C14H20N4O3. The van der Waals surface area contributed by atoms with E-state index in [-0.39, 0.29) is 11.2 Å². The summed E-state index contributed by atoms with van der Waals surface area (Å²) >= 11 is 0. The lowest BCUT2D eigenvalue weighted by molar-refractivity contribution is 0.198. The van der Waals surface area contributed by atoms with Gasteiger partial charge in [0, 0.05) is 40.6 Å².